The van der Waals surface area contributed by atoms with E-state index in [1.807, 2.05) is 41.5 Å². The molecule has 7 atom stereocenters. The summed E-state index contributed by atoms with van der Waals surface area (Å²) < 4.78 is 53.3. The van der Waals surface area contributed by atoms with Crippen LogP contribution in [0.2, 0.25) is 0 Å². The predicted octanol–water partition coefficient (Wildman–Crippen LogP) is 5.22. The molecule has 0 bridgehead atoms. The minimum Gasteiger partial charge on any atom is -0.354 e. The summed E-state index contributed by atoms with van der Waals surface area (Å²) in [7, 11) is 1.50. The third-order valence-corrected chi connectivity index (χ3v) is 11.8. The van der Waals surface area contributed by atoms with Crippen molar-refractivity contribution in [1.29, 1.82) is 0 Å². The summed E-state index contributed by atoms with van der Waals surface area (Å²) in [5.74, 6) is -0.693. The summed E-state index contributed by atoms with van der Waals surface area (Å²) >= 11 is 0. The Balaban J connectivity index is 1.84. The van der Waals surface area contributed by atoms with Gasteiger partial charge in [-0.15, -0.1) is 0 Å². The van der Waals surface area contributed by atoms with Gasteiger partial charge in [0.1, 0.15) is 6.67 Å². The van der Waals surface area contributed by atoms with Crippen LogP contribution in [0, 0.1) is 35.5 Å². The highest BCUT2D eigenvalue weighted by Crippen LogP contribution is 2.33. The van der Waals surface area contributed by atoms with E-state index < -0.39 is 78.7 Å². The van der Waals surface area contributed by atoms with Gasteiger partial charge >= 0.3 is 42.4 Å². The van der Waals surface area contributed by atoms with E-state index in [0.29, 0.717) is 37.8 Å². The third kappa shape index (κ3) is 24.6. The van der Waals surface area contributed by atoms with E-state index in [4.69, 9.17) is 0 Å². The fourth-order valence-electron chi connectivity index (χ4n) is 7.95. The molecule has 20 nitrogen and oxygen atoms in total. The van der Waals surface area contributed by atoms with Crippen LogP contribution in [0.15, 0.2) is 18.2 Å². The summed E-state index contributed by atoms with van der Waals surface area (Å²) in [5, 5.41) is 35.7. The van der Waals surface area contributed by atoms with E-state index in [9.17, 15) is 51.1 Å². The quantitative estimate of drug-likeness (QED) is 0.0549. The largest absolute Gasteiger partial charge is 0.416 e. The summed E-state index contributed by atoms with van der Waals surface area (Å²) in [6.45, 7) is 16.8. The van der Waals surface area contributed by atoms with Crippen LogP contribution in [0.25, 0.3) is 0 Å². The van der Waals surface area contributed by atoms with Crippen molar-refractivity contribution < 1.29 is 51.1 Å². The Bertz CT molecular complexity index is 1870. The second-order valence-corrected chi connectivity index (χ2v) is 19.8. The molecule has 0 heterocycles. The molecule has 1 saturated carbocycles. The molecule has 1 aliphatic rings. The summed E-state index contributed by atoms with van der Waals surface area (Å²) in [6.07, 6.45) is -1.54. The Morgan fingerprint density at radius 3 is 1.61 bits per heavy atom. The van der Waals surface area contributed by atoms with Crippen LogP contribution in [0.5, 0.6) is 0 Å². The number of amides is 13. The first-order valence-electron chi connectivity index (χ1n) is 24.5. The Morgan fingerprint density at radius 1 is 0.577 bits per heavy atom. The summed E-state index contributed by atoms with van der Waals surface area (Å²) in [4.78, 5) is 89.5. The SMILES string of the molecule is CNC(=O)NC[C@@H](CC(C)C)NC(=O)NC[C@@H](C)NC(=O)NC[C@H](NC(=O)NC[C@@H](CC(C)C)NC(=O)NCC1CCCC1C(=O)NC[C@@H](NC(=O)Nc1cc(CF)cc(C(F)(F)F)c1)C(C)C)C(C)C. The Labute approximate surface area is 415 Å². The van der Waals surface area contributed by atoms with E-state index in [1.165, 1.54) is 7.05 Å². The van der Waals surface area contributed by atoms with Gasteiger partial charge in [-0.25, -0.2) is 33.2 Å². The number of nitrogens with one attached hydrogen (secondary N) is 13. The normalized spacial score (nSPS) is 16.7. The van der Waals surface area contributed by atoms with Gasteiger partial charge in [0.15, 0.2) is 0 Å². The van der Waals surface area contributed by atoms with Crippen molar-refractivity contribution in [3.05, 3.63) is 29.3 Å². The van der Waals surface area contributed by atoms with E-state index in [1.54, 1.807) is 20.8 Å². The predicted molar refractivity (Wildman–Crippen MR) is 264 cm³/mol. The molecule has 2 rings (SSSR count). The smallest absolute Gasteiger partial charge is 0.354 e. The van der Waals surface area contributed by atoms with E-state index >= 15 is 0 Å². The van der Waals surface area contributed by atoms with Gasteiger partial charge in [0.25, 0.3) is 0 Å². The number of urea groups is 6. The number of carbonyl (C=O) groups is 7. The number of carbonyl (C=O) groups excluding carboxylic acids is 7. The zero-order valence-electron chi connectivity index (χ0n) is 42.9. The highest BCUT2D eigenvalue weighted by atomic mass is 19.4. The number of alkyl halides is 4. The number of benzene rings is 1. The molecule has 404 valence electrons. The molecule has 1 fully saturated rings. The lowest BCUT2D eigenvalue weighted by Gasteiger charge is -2.26. The minimum atomic E-state index is -4.74. The maximum absolute atomic E-state index is 13.4. The Morgan fingerprint density at radius 2 is 1.07 bits per heavy atom. The molecular weight excluding hydrogens is 935 g/mol. The van der Waals surface area contributed by atoms with Crippen molar-refractivity contribution >= 4 is 47.8 Å². The lowest BCUT2D eigenvalue weighted by Crippen LogP contribution is -2.55. The maximum Gasteiger partial charge on any atom is 0.416 e. The second-order valence-electron chi connectivity index (χ2n) is 19.8. The Kier molecular flexibility index (Phi) is 26.4. The van der Waals surface area contributed by atoms with Gasteiger partial charge in [0, 0.05) is 76.0 Å². The molecule has 1 aromatic rings. The number of anilines is 1. The molecule has 0 aromatic heterocycles. The lowest BCUT2D eigenvalue weighted by molar-refractivity contribution is -0.137. The molecule has 0 spiro atoms. The molecule has 1 aliphatic carbocycles. The third-order valence-electron chi connectivity index (χ3n) is 11.8. The van der Waals surface area contributed by atoms with Crippen LogP contribution < -0.4 is 69.1 Å². The van der Waals surface area contributed by atoms with Crippen molar-refractivity contribution in [2.45, 2.75) is 137 Å². The minimum absolute atomic E-state index is 0.0311. The summed E-state index contributed by atoms with van der Waals surface area (Å²) in [6, 6.07) is -2.82. The summed E-state index contributed by atoms with van der Waals surface area (Å²) in [5.41, 5.74) is -1.57. The van der Waals surface area contributed by atoms with Crippen molar-refractivity contribution in [1.82, 2.24) is 63.8 Å². The monoisotopic (exact) mass is 1020 g/mol. The molecule has 2 unspecified atom stereocenters. The molecule has 0 aliphatic heterocycles. The molecule has 0 saturated heterocycles. The van der Waals surface area contributed by atoms with Crippen LogP contribution in [-0.4, -0.2) is 119 Å². The number of hydrogen-bond acceptors (Lipinski definition) is 7. The zero-order valence-corrected chi connectivity index (χ0v) is 42.9. The van der Waals surface area contributed by atoms with Gasteiger partial charge in [-0.2, -0.15) is 13.2 Å². The van der Waals surface area contributed by atoms with E-state index in [2.05, 4.69) is 69.1 Å². The van der Waals surface area contributed by atoms with Crippen LogP contribution in [-0.2, 0) is 17.6 Å². The van der Waals surface area contributed by atoms with Gasteiger partial charge in [-0.05, 0) is 86.0 Å². The van der Waals surface area contributed by atoms with Gasteiger partial charge in [-0.3, -0.25) is 4.79 Å². The highest BCUT2D eigenvalue weighted by Gasteiger charge is 2.34. The standard InChI is InChI=1S/C47H81F4N13O7/c1-26(2)14-35(22-56-41(66)52-10)61-43(68)54-20-30(9)59-42(67)58-25-39(29(7)8)63-45(70)57-23-36(15-27(3)4)62-44(69)55-21-32-12-11-13-37(32)40(65)53-24-38(28(5)6)64-46(71)60-34-17-31(19-48)16-33(18-34)47(49,50)51/h16-18,26-30,32,35-39H,11-15,19-25H2,1-10H3,(H,53,65)(H2,52,56,66)(H2,54,61,68)(H2,55,62,69)(H2,57,63,70)(H2,58,59,67)(H2,60,64,71)/t30-,32?,35-,36-,37?,38-,39+/m1/s1. The van der Waals surface area contributed by atoms with Crippen LogP contribution in [0.1, 0.15) is 106 Å². The van der Waals surface area contributed by atoms with Crippen molar-refractivity contribution in [3.8, 4) is 0 Å². The first-order valence-corrected chi connectivity index (χ1v) is 24.5. The topological polar surface area (TPSA) is 276 Å². The van der Waals surface area contributed by atoms with Gasteiger partial charge < -0.3 is 69.1 Å². The van der Waals surface area contributed by atoms with Gasteiger partial charge in [-0.1, -0.05) is 61.8 Å². The van der Waals surface area contributed by atoms with Crippen molar-refractivity contribution in [3.63, 3.8) is 0 Å². The molecule has 1 aromatic carbocycles. The fraction of sp³-hybridized carbons (Fsp3) is 0.723. The van der Waals surface area contributed by atoms with Crippen molar-refractivity contribution in [2.24, 2.45) is 35.5 Å². The molecule has 13 N–H and O–H groups in total. The average molecular weight is 1020 g/mol. The second kappa shape index (κ2) is 30.7. The van der Waals surface area contributed by atoms with Gasteiger partial charge in [0.2, 0.25) is 5.91 Å². The van der Waals surface area contributed by atoms with Gasteiger partial charge in [0.05, 0.1) is 17.6 Å². The fourth-order valence-corrected chi connectivity index (χ4v) is 7.95. The Hall–Kier alpha value is -5.97. The lowest BCUT2D eigenvalue weighted by atomic mass is 9.94. The van der Waals surface area contributed by atoms with E-state index in [-0.39, 0.29) is 98.1 Å². The first kappa shape index (κ1) is 61.2. The first-order chi connectivity index (χ1) is 33.3. The van der Waals surface area contributed by atoms with Crippen LogP contribution in [0.3, 0.4) is 0 Å². The number of halogens is 4. The molecular formula is C47H81F4N13O7. The molecule has 0 radical (unpaired) electrons. The van der Waals surface area contributed by atoms with Crippen LogP contribution in [0.4, 0.5) is 52.0 Å². The zero-order chi connectivity index (χ0) is 53.4. The number of rotatable bonds is 26. The van der Waals surface area contributed by atoms with Crippen molar-refractivity contribution in [2.75, 3.05) is 51.6 Å². The average Bonchev–Trinajstić information content (AvgIpc) is 3.76. The maximum atomic E-state index is 13.4. The van der Waals surface area contributed by atoms with Crippen LogP contribution >= 0.6 is 0 Å². The molecule has 13 amide bonds. The van der Waals surface area contributed by atoms with E-state index in [0.717, 1.165) is 12.5 Å². The molecule has 24 heteroatoms. The highest BCUT2D eigenvalue weighted by molar-refractivity contribution is 5.90. The number of hydrogen-bond donors (Lipinski definition) is 13. The molecule has 71 heavy (non-hydrogen) atoms.